The van der Waals surface area contributed by atoms with Gasteiger partial charge >= 0.3 is 0 Å². The molecule has 0 aliphatic heterocycles. The Kier molecular flexibility index (Phi) is 8.90. The molecule has 1 atom stereocenters. The summed E-state index contributed by atoms with van der Waals surface area (Å²) in [5, 5.41) is 3.60. The van der Waals surface area contributed by atoms with Crippen LogP contribution in [0.15, 0.2) is 84.9 Å². The minimum absolute atomic E-state index is 0.182. The van der Waals surface area contributed by atoms with E-state index in [-0.39, 0.29) is 30.9 Å². The Bertz CT molecular complexity index is 1020. The van der Waals surface area contributed by atoms with Crippen LogP contribution in [0, 0.1) is 5.92 Å². The molecule has 33 heavy (non-hydrogen) atoms. The first kappa shape index (κ1) is 24.3. The number of ether oxygens (including phenoxy) is 1. The summed E-state index contributed by atoms with van der Waals surface area (Å²) in [7, 11) is 0. The van der Waals surface area contributed by atoms with Gasteiger partial charge < -0.3 is 15.0 Å². The van der Waals surface area contributed by atoms with Gasteiger partial charge in [-0.3, -0.25) is 9.59 Å². The lowest BCUT2D eigenvalue weighted by Gasteiger charge is -2.32. The number of benzene rings is 3. The van der Waals surface area contributed by atoms with Crippen molar-refractivity contribution in [2.24, 2.45) is 5.92 Å². The third-order valence-electron chi connectivity index (χ3n) is 5.05. The Morgan fingerprint density at radius 3 is 2.12 bits per heavy atom. The SMILES string of the molecule is CC(C)CNC(=O)C(c1ccccc1)N(Cc1ccc(Cl)cc1)C(=O)COc1ccccc1. The van der Waals surface area contributed by atoms with Crippen LogP contribution >= 0.6 is 11.6 Å². The number of hydrogen-bond donors (Lipinski definition) is 1. The molecule has 1 N–H and O–H groups in total. The molecule has 0 heterocycles. The molecular weight excluding hydrogens is 436 g/mol. The van der Waals surface area contributed by atoms with Crippen molar-refractivity contribution in [1.29, 1.82) is 0 Å². The van der Waals surface area contributed by atoms with Crippen molar-refractivity contribution in [2.45, 2.75) is 26.4 Å². The third-order valence-corrected chi connectivity index (χ3v) is 5.30. The van der Waals surface area contributed by atoms with E-state index in [1.807, 2.05) is 74.5 Å². The monoisotopic (exact) mass is 464 g/mol. The fourth-order valence-corrected chi connectivity index (χ4v) is 3.49. The minimum Gasteiger partial charge on any atom is -0.484 e. The van der Waals surface area contributed by atoms with Gasteiger partial charge in [0.05, 0.1) is 0 Å². The van der Waals surface area contributed by atoms with E-state index in [9.17, 15) is 9.59 Å². The van der Waals surface area contributed by atoms with Gasteiger partial charge in [0.15, 0.2) is 6.61 Å². The summed E-state index contributed by atoms with van der Waals surface area (Å²) in [5.74, 6) is 0.365. The fraction of sp³-hybridized carbons (Fsp3) is 0.259. The molecule has 3 rings (SSSR count). The molecule has 0 aromatic heterocycles. The van der Waals surface area contributed by atoms with Crippen molar-refractivity contribution in [3.05, 3.63) is 101 Å². The van der Waals surface area contributed by atoms with Crippen LogP contribution < -0.4 is 10.1 Å². The van der Waals surface area contributed by atoms with Crippen LogP contribution in [0.1, 0.15) is 31.0 Å². The number of carbonyl (C=O) groups excluding carboxylic acids is 2. The highest BCUT2D eigenvalue weighted by Crippen LogP contribution is 2.25. The van der Waals surface area contributed by atoms with Gasteiger partial charge in [-0.25, -0.2) is 0 Å². The Morgan fingerprint density at radius 2 is 1.52 bits per heavy atom. The van der Waals surface area contributed by atoms with Gasteiger partial charge in [0.2, 0.25) is 5.91 Å². The van der Waals surface area contributed by atoms with Crippen molar-refractivity contribution < 1.29 is 14.3 Å². The average Bonchev–Trinajstić information content (AvgIpc) is 2.83. The standard InChI is InChI=1S/C27H29ClN2O3/c1-20(2)17-29-27(32)26(22-9-5-3-6-10-22)30(18-21-13-15-23(28)16-14-21)25(31)19-33-24-11-7-4-8-12-24/h3-16,20,26H,17-19H2,1-2H3,(H,29,32). The van der Waals surface area contributed by atoms with Gasteiger partial charge in [-0.1, -0.05) is 86.1 Å². The largest absolute Gasteiger partial charge is 0.484 e. The number of nitrogens with zero attached hydrogens (tertiary/aromatic N) is 1. The van der Waals surface area contributed by atoms with E-state index in [1.54, 1.807) is 29.2 Å². The maximum absolute atomic E-state index is 13.4. The molecule has 3 aromatic rings. The summed E-state index contributed by atoms with van der Waals surface area (Å²) in [6, 6.07) is 25.0. The quantitative estimate of drug-likeness (QED) is 0.445. The Morgan fingerprint density at radius 1 is 0.909 bits per heavy atom. The molecule has 5 nitrogen and oxygen atoms in total. The van der Waals surface area contributed by atoms with Crippen molar-refractivity contribution >= 4 is 23.4 Å². The van der Waals surface area contributed by atoms with Gasteiger partial charge in [-0.15, -0.1) is 0 Å². The first-order valence-electron chi connectivity index (χ1n) is 11.0. The van der Waals surface area contributed by atoms with Crippen molar-refractivity contribution in [3.8, 4) is 5.75 Å². The lowest BCUT2D eigenvalue weighted by molar-refractivity contribution is -0.143. The van der Waals surface area contributed by atoms with E-state index < -0.39 is 6.04 Å². The highest BCUT2D eigenvalue weighted by molar-refractivity contribution is 6.30. The molecular formula is C27H29ClN2O3. The predicted molar refractivity (Wildman–Crippen MR) is 131 cm³/mol. The average molecular weight is 465 g/mol. The van der Waals surface area contributed by atoms with Crippen molar-refractivity contribution in [2.75, 3.05) is 13.2 Å². The van der Waals surface area contributed by atoms with Gasteiger partial charge in [-0.05, 0) is 41.3 Å². The van der Waals surface area contributed by atoms with E-state index in [0.717, 1.165) is 11.1 Å². The highest BCUT2D eigenvalue weighted by atomic mass is 35.5. The second kappa shape index (κ2) is 12.1. The smallest absolute Gasteiger partial charge is 0.261 e. The van der Waals surface area contributed by atoms with Crippen LogP contribution in [-0.4, -0.2) is 29.9 Å². The fourth-order valence-electron chi connectivity index (χ4n) is 3.36. The lowest BCUT2D eigenvalue weighted by Crippen LogP contribution is -2.45. The third kappa shape index (κ3) is 7.36. The number of nitrogens with one attached hydrogen (secondary N) is 1. The van der Waals surface area contributed by atoms with Crippen molar-refractivity contribution in [3.63, 3.8) is 0 Å². The first-order chi connectivity index (χ1) is 15.9. The minimum atomic E-state index is -0.799. The Hall–Kier alpha value is -3.31. The summed E-state index contributed by atoms with van der Waals surface area (Å²) < 4.78 is 5.73. The number of halogens is 1. The summed E-state index contributed by atoms with van der Waals surface area (Å²) >= 11 is 6.04. The first-order valence-corrected chi connectivity index (χ1v) is 11.4. The molecule has 0 fully saturated rings. The molecule has 0 saturated carbocycles. The molecule has 1 unspecified atom stereocenters. The topological polar surface area (TPSA) is 58.6 Å². The zero-order valence-corrected chi connectivity index (χ0v) is 19.7. The van der Waals surface area contributed by atoms with Crippen LogP contribution in [0.3, 0.4) is 0 Å². The molecule has 2 amide bonds. The Labute approximate surface area is 200 Å². The summed E-state index contributed by atoms with van der Waals surface area (Å²) in [6.07, 6.45) is 0. The van der Waals surface area contributed by atoms with E-state index >= 15 is 0 Å². The number of hydrogen-bond acceptors (Lipinski definition) is 3. The molecule has 0 spiro atoms. The number of amides is 2. The van der Waals surface area contributed by atoms with Crippen molar-refractivity contribution in [1.82, 2.24) is 10.2 Å². The zero-order valence-electron chi connectivity index (χ0n) is 18.9. The van der Waals surface area contributed by atoms with Gasteiger partial charge in [-0.2, -0.15) is 0 Å². The molecule has 0 saturated heterocycles. The second-order valence-corrected chi connectivity index (χ2v) is 8.64. The maximum atomic E-state index is 13.4. The van der Waals surface area contributed by atoms with E-state index in [2.05, 4.69) is 5.32 Å². The van der Waals surface area contributed by atoms with Gasteiger partial charge in [0.25, 0.3) is 5.91 Å². The van der Waals surface area contributed by atoms with E-state index in [1.165, 1.54) is 0 Å². The van der Waals surface area contributed by atoms with E-state index in [4.69, 9.17) is 16.3 Å². The van der Waals surface area contributed by atoms with Gasteiger partial charge in [0.1, 0.15) is 11.8 Å². The zero-order chi connectivity index (χ0) is 23.6. The van der Waals surface area contributed by atoms with Crippen LogP contribution in [-0.2, 0) is 16.1 Å². The van der Waals surface area contributed by atoms with E-state index in [0.29, 0.717) is 17.3 Å². The van der Waals surface area contributed by atoms with Crippen LogP contribution in [0.4, 0.5) is 0 Å². The molecule has 0 bridgehead atoms. The maximum Gasteiger partial charge on any atom is 0.261 e. The lowest BCUT2D eigenvalue weighted by atomic mass is 10.0. The molecule has 0 aliphatic rings. The van der Waals surface area contributed by atoms with Crippen LogP contribution in [0.2, 0.25) is 5.02 Å². The molecule has 0 radical (unpaired) electrons. The van der Waals surface area contributed by atoms with Crippen LogP contribution in [0.25, 0.3) is 0 Å². The van der Waals surface area contributed by atoms with Crippen LogP contribution in [0.5, 0.6) is 5.75 Å². The summed E-state index contributed by atoms with van der Waals surface area (Å²) in [4.78, 5) is 28.4. The normalized spacial score (nSPS) is 11.6. The molecule has 3 aromatic carbocycles. The molecule has 172 valence electrons. The number of para-hydroxylation sites is 1. The summed E-state index contributed by atoms with van der Waals surface area (Å²) in [5.41, 5.74) is 1.60. The Balaban J connectivity index is 1.92. The molecule has 6 heteroatoms. The number of carbonyl (C=O) groups is 2. The predicted octanol–water partition coefficient (Wildman–Crippen LogP) is 5.26. The highest BCUT2D eigenvalue weighted by Gasteiger charge is 2.31. The second-order valence-electron chi connectivity index (χ2n) is 8.20. The molecule has 0 aliphatic carbocycles. The van der Waals surface area contributed by atoms with Gasteiger partial charge in [0, 0.05) is 18.1 Å². The number of rotatable bonds is 10. The summed E-state index contributed by atoms with van der Waals surface area (Å²) in [6.45, 7) is 4.64.